The average Bonchev–Trinajstić information content (AvgIpc) is 3.11. The number of carbonyl (C=O) groups is 1. The second kappa shape index (κ2) is 8.12. The van der Waals surface area contributed by atoms with Crippen molar-refractivity contribution < 1.29 is 4.79 Å². The van der Waals surface area contributed by atoms with E-state index in [1.165, 1.54) is 0 Å². The number of nitrogens with zero attached hydrogens (tertiary/aromatic N) is 5. The number of aryl methyl sites for hydroxylation is 1. The molecule has 1 aliphatic rings. The molecule has 2 aromatic rings. The van der Waals surface area contributed by atoms with Gasteiger partial charge in [0.2, 0.25) is 0 Å². The third-order valence-electron chi connectivity index (χ3n) is 5.01. The second-order valence-electron chi connectivity index (χ2n) is 7.17. The maximum atomic E-state index is 12.8. The van der Waals surface area contributed by atoms with Gasteiger partial charge in [0.15, 0.2) is 0 Å². The lowest BCUT2D eigenvalue weighted by Gasteiger charge is -2.37. The predicted molar refractivity (Wildman–Crippen MR) is 104 cm³/mol. The highest BCUT2D eigenvalue weighted by Gasteiger charge is 2.27. The molecule has 7 nitrogen and oxygen atoms in total. The monoisotopic (exact) mass is 366 g/mol. The molecular weight excluding hydrogens is 340 g/mol. The maximum Gasteiger partial charge on any atom is 0.318 e. The number of nitriles is 1. The number of piperazine rings is 1. The van der Waals surface area contributed by atoms with E-state index in [4.69, 9.17) is 0 Å². The van der Waals surface area contributed by atoms with Gasteiger partial charge in [-0.15, -0.1) is 0 Å². The van der Waals surface area contributed by atoms with Crippen LogP contribution in [0.25, 0.3) is 0 Å². The standard InChI is InChI=1S/C20H26N6O/c1-15(2)18(19-22-8-9-24(19)3)23-20(27)26-12-10-25(11-13-26)17-7-5-4-6-16(17)14-21/h4-9,15,18H,10-13H2,1-3H3,(H,23,27)/t18-/m0/s1. The first-order chi connectivity index (χ1) is 13.0. The molecule has 1 fully saturated rings. The van der Waals surface area contributed by atoms with Gasteiger partial charge in [0.1, 0.15) is 11.9 Å². The largest absolute Gasteiger partial charge is 0.367 e. The SMILES string of the molecule is CC(C)[C@H](NC(=O)N1CCN(c2ccccc2C#N)CC1)c1nccn1C. The van der Waals surface area contributed by atoms with Crippen LogP contribution < -0.4 is 10.2 Å². The highest BCUT2D eigenvalue weighted by molar-refractivity contribution is 5.75. The minimum Gasteiger partial charge on any atom is -0.367 e. The normalized spacial score (nSPS) is 15.5. The lowest BCUT2D eigenvalue weighted by molar-refractivity contribution is 0.185. The Morgan fingerprint density at radius 1 is 1.22 bits per heavy atom. The number of benzene rings is 1. The molecule has 0 unspecified atom stereocenters. The van der Waals surface area contributed by atoms with Crippen LogP contribution in [0.1, 0.15) is 31.3 Å². The van der Waals surface area contributed by atoms with Crippen molar-refractivity contribution in [3.05, 3.63) is 48.0 Å². The molecule has 0 spiro atoms. The Bertz CT molecular complexity index is 829. The number of nitrogens with one attached hydrogen (secondary N) is 1. The zero-order valence-electron chi connectivity index (χ0n) is 16.1. The number of rotatable bonds is 4. The smallest absolute Gasteiger partial charge is 0.318 e. The number of hydrogen-bond donors (Lipinski definition) is 1. The maximum absolute atomic E-state index is 12.8. The molecule has 0 aliphatic carbocycles. The Labute approximate surface area is 160 Å². The molecule has 7 heteroatoms. The minimum absolute atomic E-state index is 0.0649. The van der Waals surface area contributed by atoms with Crippen LogP contribution in [0.15, 0.2) is 36.7 Å². The van der Waals surface area contributed by atoms with E-state index in [9.17, 15) is 10.1 Å². The van der Waals surface area contributed by atoms with Crippen LogP contribution in [-0.2, 0) is 7.05 Å². The summed E-state index contributed by atoms with van der Waals surface area (Å²) in [6.45, 7) is 6.82. The summed E-state index contributed by atoms with van der Waals surface area (Å²) >= 11 is 0. The van der Waals surface area contributed by atoms with Gasteiger partial charge in [-0.25, -0.2) is 9.78 Å². The summed E-state index contributed by atoms with van der Waals surface area (Å²) in [7, 11) is 1.94. The molecule has 1 atom stereocenters. The Balaban J connectivity index is 1.63. The third kappa shape index (κ3) is 4.05. The first kappa shape index (κ1) is 18.8. The van der Waals surface area contributed by atoms with E-state index in [-0.39, 0.29) is 18.0 Å². The van der Waals surface area contributed by atoms with Gasteiger partial charge >= 0.3 is 6.03 Å². The van der Waals surface area contributed by atoms with Crippen LogP contribution in [0, 0.1) is 17.2 Å². The summed E-state index contributed by atoms with van der Waals surface area (Å²) in [4.78, 5) is 21.2. The zero-order chi connectivity index (χ0) is 19.4. The number of urea groups is 1. The third-order valence-corrected chi connectivity index (χ3v) is 5.01. The fraction of sp³-hybridized carbons (Fsp3) is 0.450. The van der Waals surface area contributed by atoms with Crippen molar-refractivity contribution in [1.82, 2.24) is 19.8 Å². The van der Waals surface area contributed by atoms with E-state index in [0.29, 0.717) is 31.7 Å². The molecular formula is C20H26N6O. The first-order valence-corrected chi connectivity index (χ1v) is 9.28. The van der Waals surface area contributed by atoms with Crippen LogP contribution in [-0.4, -0.2) is 46.7 Å². The van der Waals surface area contributed by atoms with Crippen LogP contribution in [0.5, 0.6) is 0 Å². The molecule has 0 radical (unpaired) electrons. The Kier molecular flexibility index (Phi) is 5.65. The fourth-order valence-electron chi connectivity index (χ4n) is 3.42. The highest BCUT2D eigenvalue weighted by Crippen LogP contribution is 2.22. The Morgan fingerprint density at radius 3 is 2.52 bits per heavy atom. The fourth-order valence-corrected chi connectivity index (χ4v) is 3.42. The molecule has 2 heterocycles. The van der Waals surface area contributed by atoms with Crippen molar-refractivity contribution in [2.75, 3.05) is 31.1 Å². The summed E-state index contributed by atoms with van der Waals surface area (Å²) in [5, 5.41) is 12.4. The van der Waals surface area contributed by atoms with Gasteiger partial charge in [0.25, 0.3) is 0 Å². The molecule has 0 bridgehead atoms. The van der Waals surface area contributed by atoms with Gasteiger partial charge in [-0.05, 0) is 18.1 Å². The van der Waals surface area contributed by atoms with Crippen molar-refractivity contribution in [2.24, 2.45) is 13.0 Å². The highest BCUT2D eigenvalue weighted by atomic mass is 16.2. The van der Waals surface area contributed by atoms with Gasteiger partial charge in [-0.1, -0.05) is 26.0 Å². The summed E-state index contributed by atoms with van der Waals surface area (Å²) in [6, 6.07) is 9.65. The van der Waals surface area contributed by atoms with Crippen molar-refractivity contribution in [2.45, 2.75) is 19.9 Å². The number of para-hydroxylation sites is 1. The van der Waals surface area contributed by atoms with E-state index in [0.717, 1.165) is 11.5 Å². The molecule has 2 amide bonds. The van der Waals surface area contributed by atoms with Crippen molar-refractivity contribution >= 4 is 11.7 Å². The van der Waals surface area contributed by atoms with Gasteiger partial charge in [-0.2, -0.15) is 5.26 Å². The number of carbonyl (C=O) groups excluding carboxylic acids is 1. The molecule has 1 N–H and O–H groups in total. The van der Waals surface area contributed by atoms with Crippen LogP contribution in [0.4, 0.5) is 10.5 Å². The van der Waals surface area contributed by atoms with Gasteiger partial charge in [-0.3, -0.25) is 0 Å². The quantitative estimate of drug-likeness (QED) is 0.902. The van der Waals surface area contributed by atoms with Crippen molar-refractivity contribution in [1.29, 1.82) is 5.26 Å². The Hall–Kier alpha value is -3.01. The molecule has 1 saturated heterocycles. The van der Waals surface area contributed by atoms with Gasteiger partial charge in [0, 0.05) is 45.6 Å². The number of hydrogen-bond acceptors (Lipinski definition) is 4. The molecule has 142 valence electrons. The minimum atomic E-state index is -0.130. The topological polar surface area (TPSA) is 77.2 Å². The first-order valence-electron chi connectivity index (χ1n) is 9.28. The van der Waals surface area contributed by atoms with Crippen molar-refractivity contribution in [3.63, 3.8) is 0 Å². The number of aromatic nitrogens is 2. The number of amides is 2. The lowest BCUT2D eigenvalue weighted by Crippen LogP contribution is -2.53. The van der Waals surface area contributed by atoms with Gasteiger partial charge < -0.3 is 19.7 Å². The zero-order valence-corrected chi connectivity index (χ0v) is 16.1. The summed E-state index contributed by atoms with van der Waals surface area (Å²) < 4.78 is 1.95. The second-order valence-corrected chi connectivity index (χ2v) is 7.17. The van der Waals surface area contributed by atoms with Crippen LogP contribution >= 0.6 is 0 Å². The van der Waals surface area contributed by atoms with E-state index >= 15 is 0 Å². The molecule has 1 aromatic heterocycles. The average molecular weight is 366 g/mol. The number of imidazole rings is 1. The summed E-state index contributed by atoms with van der Waals surface area (Å²) in [5.41, 5.74) is 1.61. The molecule has 27 heavy (non-hydrogen) atoms. The lowest BCUT2D eigenvalue weighted by atomic mass is 10.0. The van der Waals surface area contributed by atoms with Gasteiger partial charge in [0.05, 0.1) is 17.3 Å². The summed E-state index contributed by atoms with van der Waals surface area (Å²) in [6.07, 6.45) is 3.64. The van der Waals surface area contributed by atoms with E-state index < -0.39 is 0 Å². The number of anilines is 1. The molecule has 1 aliphatic heterocycles. The Morgan fingerprint density at radius 2 is 1.93 bits per heavy atom. The van der Waals surface area contributed by atoms with E-state index in [1.54, 1.807) is 6.20 Å². The van der Waals surface area contributed by atoms with E-state index in [1.807, 2.05) is 47.0 Å². The van der Waals surface area contributed by atoms with Crippen LogP contribution in [0.3, 0.4) is 0 Å². The van der Waals surface area contributed by atoms with Crippen LogP contribution in [0.2, 0.25) is 0 Å². The molecule has 1 aromatic carbocycles. The van der Waals surface area contributed by atoms with E-state index in [2.05, 4.69) is 35.1 Å². The molecule has 3 rings (SSSR count). The van der Waals surface area contributed by atoms with Crippen molar-refractivity contribution in [3.8, 4) is 6.07 Å². The summed E-state index contributed by atoms with van der Waals surface area (Å²) in [5.74, 6) is 1.10. The molecule has 0 saturated carbocycles. The predicted octanol–water partition coefficient (Wildman–Crippen LogP) is 2.52.